The largest absolute Gasteiger partial charge is 0.367 e. The molecule has 1 atom stereocenters. The van der Waals surface area contributed by atoms with Crippen molar-refractivity contribution in [2.75, 3.05) is 29.4 Å². The number of hydrogen-bond acceptors (Lipinski definition) is 6. The summed E-state index contributed by atoms with van der Waals surface area (Å²) in [6, 6.07) is 15.4. The Balaban J connectivity index is 1.71. The van der Waals surface area contributed by atoms with Crippen LogP contribution in [0, 0.1) is 0 Å². The second-order valence-electron chi connectivity index (χ2n) is 7.47. The minimum atomic E-state index is -0.0527. The summed E-state index contributed by atoms with van der Waals surface area (Å²) in [7, 11) is 0. The Morgan fingerprint density at radius 3 is 2.37 bits per heavy atom. The average Bonchev–Trinajstić information content (AvgIpc) is 2.79. The van der Waals surface area contributed by atoms with Gasteiger partial charge in [-0.15, -0.1) is 0 Å². The Bertz CT molecular complexity index is 1050. The van der Waals surface area contributed by atoms with Crippen molar-refractivity contribution >= 4 is 23.1 Å². The number of carbonyl (C=O) groups excluding carboxylic acids is 2. The second-order valence-corrected chi connectivity index (χ2v) is 7.47. The van der Waals surface area contributed by atoms with E-state index in [2.05, 4.69) is 19.8 Å². The van der Waals surface area contributed by atoms with Gasteiger partial charge in [0.1, 0.15) is 5.82 Å². The predicted molar refractivity (Wildman–Crippen MR) is 117 cm³/mol. The van der Waals surface area contributed by atoms with Crippen LogP contribution < -0.4 is 9.80 Å². The summed E-state index contributed by atoms with van der Waals surface area (Å²) < 4.78 is 0. The summed E-state index contributed by atoms with van der Waals surface area (Å²) >= 11 is 0. The lowest BCUT2D eigenvalue weighted by Gasteiger charge is -2.43. The van der Waals surface area contributed by atoms with Crippen molar-refractivity contribution < 1.29 is 9.59 Å². The van der Waals surface area contributed by atoms with E-state index in [9.17, 15) is 9.59 Å². The fraction of sp³-hybridized carbons (Fsp3) is 0.250. The molecule has 3 aromatic rings. The molecule has 1 unspecified atom stereocenters. The zero-order valence-electron chi connectivity index (χ0n) is 17.2. The molecule has 0 aliphatic carbocycles. The first-order valence-electron chi connectivity index (χ1n) is 10.0. The molecule has 0 N–H and O–H groups in total. The third kappa shape index (κ3) is 3.94. The Hall–Kier alpha value is -3.54. The van der Waals surface area contributed by atoms with Gasteiger partial charge in [0.2, 0.25) is 0 Å². The number of Topliss-reactive ketones (excluding diaryl/α,β-unsaturated/α-hetero) is 2. The van der Waals surface area contributed by atoms with Crippen molar-refractivity contribution in [3.63, 3.8) is 0 Å². The van der Waals surface area contributed by atoms with Crippen LogP contribution in [0.3, 0.4) is 0 Å². The quantitative estimate of drug-likeness (QED) is 0.604. The molecule has 1 fully saturated rings. The number of aromatic nitrogens is 2. The summed E-state index contributed by atoms with van der Waals surface area (Å²) in [5.41, 5.74) is 3.48. The zero-order chi connectivity index (χ0) is 21.1. The Morgan fingerprint density at radius 2 is 1.70 bits per heavy atom. The van der Waals surface area contributed by atoms with E-state index in [0.717, 1.165) is 35.7 Å². The van der Waals surface area contributed by atoms with Crippen molar-refractivity contribution in [3.05, 3.63) is 83.8 Å². The normalized spacial score (nSPS) is 16.4. The molecule has 0 amide bonds. The Labute approximate surface area is 176 Å². The number of carbonyl (C=O) groups is 2. The van der Waals surface area contributed by atoms with Gasteiger partial charge in [0.25, 0.3) is 0 Å². The fourth-order valence-corrected chi connectivity index (χ4v) is 4.01. The molecule has 0 bridgehead atoms. The van der Waals surface area contributed by atoms with Crippen LogP contribution >= 0.6 is 0 Å². The highest BCUT2D eigenvalue weighted by Crippen LogP contribution is 2.33. The van der Waals surface area contributed by atoms with Gasteiger partial charge < -0.3 is 9.80 Å². The van der Waals surface area contributed by atoms with Crippen LogP contribution in [-0.2, 0) is 0 Å². The zero-order valence-corrected chi connectivity index (χ0v) is 17.2. The third-order valence-electron chi connectivity index (χ3n) is 5.56. The molecule has 1 aliphatic heterocycles. The summed E-state index contributed by atoms with van der Waals surface area (Å²) in [5.74, 6) is 0.905. The molecule has 30 heavy (non-hydrogen) atoms. The lowest BCUT2D eigenvalue weighted by atomic mass is 9.94. The van der Waals surface area contributed by atoms with E-state index in [0.29, 0.717) is 12.1 Å². The number of benzene rings is 2. The van der Waals surface area contributed by atoms with Crippen LogP contribution in [0.5, 0.6) is 0 Å². The fourth-order valence-electron chi connectivity index (χ4n) is 4.01. The predicted octanol–water partition coefficient (Wildman–Crippen LogP) is 3.95. The van der Waals surface area contributed by atoms with Crippen molar-refractivity contribution in [2.24, 2.45) is 0 Å². The van der Waals surface area contributed by atoms with E-state index in [-0.39, 0.29) is 17.6 Å². The second kappa shape index (κ2) is 8.45. The summed E-state index contributed by atoms with van der Waals surface area (Å²) in [5, 5.41) is 0. The number of anilines is 2. The number of hydrogen-bond donors (Lipinski definition) is 0. The van der Waals surface area contributed by atoms with Gasteiger partial charge in [0, 0.05) is 48.8 Å². The molecule has 6 nitrogen and oxygen atoms in total. The van der Waals surface area contributed by atoms with Crippen LogP contribution in [-0.4, -0.2) is 41.2 Å². The maximum atomic E-state index is 12.3. The smallest absolute Gasteiger partial charge is 0.160 e. The lowest BCUT2D eigenvalue weighted by Crippen LogP contribution is -2.49. The molecule has 6 heteroatoms. The van der Waals surface area contributed by atoms with Crippen molar-refractivity contribution in [2.45, 2.75) is 19.9 Å². The number of nitrogens with zero attached hydrogens (tertiary/aromatic N) is 4. The molecule has 152 valence electrons. The van der Waals surface area contributed by atoms with E-state index in [1.54, 1.807) is 32.4 Å². The van der Waals surface area contributed by atoms with E-state index in [1.807, 2.05) is 48.5 Å². The van der Waals surface area contributed by atoms with Crippen molar-refractivity contribution in [3.8, 4) is 0 Å². The highest BCUT2D eigenvalue weighted by molar-refractivity contribution is 5.96. The van der Waals surface area contributed by atoms with Gasteiger partial charge in [-0.05, 0) is 43.7 Å². The molecule has 4 rings (SSSR count). The lowest BCUT2D eigenvalue weighted by molar-refractivity contribution is 0.100. The van der Waals surface area contributed by atoms with Crippen LogP contribution in [0.15, 0.2) is 67.1 Å². The van der Waals surface area contributed by atoms with Gasteiger partial charge in [-0.2, -0.15) is 0 Å². The molecule has 1 aliphatic rings. The molecule has 0 saturated carbocycles. The number of ketones is 2. The van der Waals surface area contributed by atoms with E-state index >= 15 is 0 Å². The standard InChI is InChI=1S/C24H24N4O2/c1-17(29)19-7-9-20(10-8-19)27-13-14-28(24-15-25-11-12-26-24)23(16-27)22-6-4-3-5-21(22)18(2)30/h3-12,15,23H,13-14,16H2,1-2H3. The SMILES string of the molecule is CC(=O)c1ccc(N2CCN(c3cnccn3)C(c3ccccc3C(C)=O)C2)cc1. The van der Waals surface area contributed by atoms with Crippen LogP contribution in [0.2, 0.25) is 0 Å². The van der Waals surface area contributed by atoms with Gasteiger partial charge in [-0.25, -0.2) is 4.98 Å². The molecule has 0 spiro atoms. The van der Waals surface area contributed by atoms with Crippen LogP contribution in [0.1, 0.15) is 46.2 Å². The van der Waals surface area contributed by atoms with Gasteiger partial charge >= 0.3 is 0 Å². The first-order valence-corrected chi connectivity index (χ1v) is 10.0. The molecular weight excluding hydrogens is 376 g/mol. The minimum absolute atomic E-state index is 0.0487. The van der Waals surface area contributed by atoms with Crippen molar-refractivity contribution in [1.29, 1.82) is 0 Å². The number of piperazine rings is 1. The summed E-state index contributed by atoms with van der Waals surface area (Å²) in [6.07, 6.45) is 5.12. The van der Waals surface area contributed by atoms with Crippen molar-refractivity contribution in [1.82, 2.24) is 9.97 Å². The maximum absolute atomic E-state index is 12.3. The first-order chi connectivity index (χ1) is 14.5. The molecule has 0 radical (unpaired) electrons. The van der Waals surface area contributed by atoms with Gasteiger partial charge in [0.15, 0.2) is 11.6 Å². The van der Waals surface area contributed by atoms with E-state index in [4.69, 9.17) is 0 Å². The average molecular weight is 400 g/mol. The highest BCUT2D eigenvalue weighted by atomic mass is 16.1. The van der Waals surface area contributed by atoms with Gasteiger partial charge in [-0.1, -0.05) is 24.3 Å². The molecule has 1 aromatic heterocycles. The van der Waals surface area contributed by atoms with Gasteiger partial charge in [-0.3, -0.25) is 14.6 Å². The third-order valence-corrected chi connectivity index (χ3v) is 5.56. The molecule has 2 aromatic carbocycles. The summed E-state index contributed by atoms with van der Waals surface area (Å²) in [6.45, 7) is 5.41. The van der Waals surface area contributed by atoms with Gasteiger partial charge in [0.05, 0.1) is 12.2 Å². The van der Waals surface area contributed by atoms with Crippen LogP contribution in [0.4, 0.5) is 11.5 Å². The Morgan fingerprint density at radius 1 is 0.933 bits per heavy atom. The van der Waals surface area contributed by atoms with Crippen LogP contribution in [0.25, 0.3) is 0 Å². The summed E-state index contributed by atoms with van der Waals surface area (Å²) in [4.78, 5) is 37.2. The molecule has 2 heterocycles. The van der Waals surface area contributed by atoms with E-state index < -0.39 is 0 Å². The van der Waals surface area contributed by atoms with E-state index in [1.165, 1.54) is 0 Å². The topological polar surface area (TPSA) is 66.4 Å². The number of rotatable bonds is 5. The maximum Gasteiger partial charge on any atom is 0.160 e. The monoisotopic (exact) mass is 400 g/mol. The highest BCUT2D eigenvalue weighted by Gasteiger charge is 2.31. The minimum Gasteiger partial charge on any atom is -0.367 e. The molecule has 1 saturated heterocycles. The Kier molecular flexibility index (Phi) is 5.57. The first kappa shape index (κ1) is 19.8. The molecular formula is C24H24N4O2.